The summed E-state index contributed by atoms with van der Waals surface area (Å²) in [4.78, 5) is 0. The van der Waals surface area contributed by atoms with E-state index in [2.05, 4.69) is 13.0 Å². The minimum atomic E-state index is -0.999. The molecular weight excluding hydrogens is 473 g/mol. The molecule has 1 fully saturated rings. The van der Waals surface area contributed by atoms with E-state index < -0.39 is 11.6 Å². The largest absolute Gasteiger partial charge is 0.491 e. The standard InChI is InChI=1S/C32H35F3O2/c1-3-5-6-7-27-17-9-22(21-37-27)8-10-25-15-16-26(20-29(25)33)23-11-13-24(14-12-23)28-18-19-30(36-4-2)32(35)31(28)34/h8,10-16,18-20,22,27H,3-7,9,17,21H2,1-2H3/b10-8+. The van der Waals surface area contributed by atoms with Crippen molar-refractivity contribution in [3.8, 4) is 28.0 Å². The van der Waals surface area contributed by atoms with Gasteiger partial charge in [-0.3, -0.25) is 0 Å². The SMILES string of the molecule is CCCCCC1CCC(/C=C/c2ccc(-c3ccc(-c4ccc(OCC)c(F)c4F)cc3)cc2F)CO1. The number of hydrogen-bond donors (Lipinski definition) is 0. The first-order valence-electron chi connectivity index (χ1n) is 13.3. The highest BCUT2D eigenvalue weighted by Gasteiger charge is 2.20. The fraction of sp³-hybridized carbons (Fsp3) is 0.375. The van der Waals surface area contributed by atoms with Gasteiger partial charge in [0.05, 0.1) is 19.3 Å². The Morgan fingerprint density at radius 3 is 2.30 bits per heavy atom. The van der Waals surface area contributed by atoms with Gasteiger partial charge in [0.25, 0.3) is 0 Å². The third-order valence-corrected chi connectivity index (χ3v) is 6.96. The quantitative estimate of drug-likeness (QED) is 0.254. The Morgan fingerprint density at radius 2 is 1.62 bits per heavy atom. The molecular formula is C32H35F3O2. The van der Waals surface area contributed by atoms with Gasteiger partial charge in [0, 0.05) is 17.0 Å². The van der Waals surface area contributed by atoms with Crippen LogP contribution in [0.15, 0.2) is 60.7 Å². The molecule has 37 heavy (non-hydrogen) atoms. The number of hydrogen-bond acceptors (Lipinski definition) is 2. The van der Waals surface area contributed by atoms with Gasteiger partial charge in [0.2, 0.25) is 5.82 Å². The zero-order valence-electron chi connectivity index (χ0n) is 21.6. The average Bonchev–Trinajstić information content (AvgIpc) is 2.92. The summed E-state index contributed by atoms with van der Waals surface area (Å²) in [6, 6.07) is 15.1. The van der Waals surface area contributed by atoms with Crippen molar-refractivity contribution >= 4 is 6.08 Å². The molecule has 0 saturated carbocycles. The molecule has 2 atom stereocenters. The van der Waals surface area contributed by atoms with Gasteiger partial charge in [-0.15, -0.1) is 0 Å². The lowest BCUT2D eigenvalue weighted by Crippen LogP contribution is -2.24. The summed E-state index contributed by atoms with van der Waals surface area (Å²) in [5.41, 5.74) is 2.73. The van der Waals surface area contributed by atoms with E-state index in [1.165, 1.54) is 37.5 Å². The second-order valence-corrected chi connectivity index (χ2v) is 9.63. The summed E-state index contributed by atoms with van der Waals surface area (Å²) < 4.78 is 54.8. The van der Waals surface area contributed by atoms with Crippen molar-refractivity contribution in [3.05, 3.63) is 83.7 Å². The smallest absolute Gasteiger partial charge is 0.201 e. The Bertz CT molecular complexity index is 1200. The van der Waals surface area contributed by atoms with E-state index in [0.29, 0.717) is 29.8 Å². The first-order valence-corrected chi connectivity index (χ1v) is 13.3. The van der Waals surface area contributed by atoms with E-state index in [4.69, 9.17) is 9.47 Å². The summed E-state index contributed by atoms with van der Waals surface area (Å²) in [6.45, 7) is 4.87. The van der Waals surface area contributed by atoms with E-state index >= 15 is 0 Å². The van der Waals surface area contributed by atoms with Crippen LogP contribution in [0.1, 0.15) is 57.9 Å². The maximum Gasteiger partial charge on any atom is 0.201 e. The highest BCUT2D eigenvalue weighted by molar-refractivity contribution is 5.72. The molecule has 2 unspecified atom stereocenters. The number of ether oxygens (including phenoxy) is 2. The van der Waals surface area contributed by atoms with E-state index in [9.17, 15) is 13.2 Å². The van der Waals surface area contributed by atoms with Crippen LogP contribution in [0, 0.1) is 23.4 Å². The van der Waals surface area contributed by atoms with E-state index in [1.54, 1.807) is 37.3 Å². The van der Waals surface area contributed by atoms with Crippen molar-refractivity contribution in [3.63, 3.8) is 0 Å². The average molecular weight is 509 g/mol. The Balaban J connectivity index is 1.39. The molecule has 1 aliphatic heterocycles. The van der Waals surface area contributed by atoms with Crippen LogP contribution in [-0.2, 0) is 4.74 Å². The van der Waals surface area contributed by atoms with Gasteiger partial charge in [0.1, 0.15) is 5.82 Å². The molecule has 2 nitrogen and oxygen atoms in total. The molecule has 3 aromatic carbocycles. The third kappa shape index (κ3) is 6.84. The monoisotopic (exact) mass is 508 g/mol. The zero-order valence-corrected chi connectivity index (χ0v) is 21.6. The Morgan fingerprint density at radius 1 is 0.865 bits per heavy atom. The molecule has 1 saturated heterocycles. The molecule has 1 heterocycles. The van der Waals surface area contributed by atoms with Crippen molar-refractivity contribution in [1.29, 1.82) is 0 Å². The number of benzene rings is 3. The van der Waals surface area contributed by atoms with Gasteiger partial charge in [-0.1, -0.05) is 74.7 Å². The van der Waals surface area contributed by atoms with Crippen LogP contribution in [0.5, 0.6) is 5.75 Å². The molecule has 0 aliphatic carbocycles. The maximum atomic E-state index is 14.9. The van der Waals surface area contributed by atoms with Gasteiger partial charge in [-0.2, -0.15) is 4.39 Å². The molecule has 5 heteroatoms. The molecule has 3 aromatic rings. The predicted molar refractivity (Wildman–Crippen MR) is 144 cm³/mol. The topological polar surface area (TPSA) is 18.5 Å². The van der Waals surface area contributed by atoms with Crippen molar-refractivity contribution in [2.75, 3.05) is 13.2 Å². The first-order chi connectivity index (χ1) is 18.0. The molecule has 0 amide bonds. The van der Waals surface area contributed by atoms with E-state index in [-0.39, 0.29) is 23.7 Å². The number of halogens is 3. The minimum Gasteiger partial charge on any atom is -0.491 e. The minimum absolute atomic E-state index is 0.104. The van der Waals surface area contributed by atoms with Gasteiger partial charge < -0.3 is 9.47 Å². The summed E-state index contributed by atoms with van der Waals surface area (Å²) in [7, 11) is 0. The van der Waals surface area contributed by atoms with Gasteiger partial charge in [0.15, 0.2) is 11.6 Å². The van der Waals surface area contributed by atoms with Crippen molar-refractivity contribution < 1.29 is 22.6 Å². The summed E-state index contributed by atoms with van der Waals surface area (Å²) >= 11 is 0. The maximum absolute atomic E-state index is 14.9. The van der Waals surface area contributed by atoms with E-state index in [1.807, 2.05) is 12.1 Å². The van der Waals surface area contributed by atoms with Crippen molar-refractivity contribution in [2.24, 2.45) is 5.92 Å². The zero-order chi connectivity index (χ0) is 26.2. The second-order valence-electron chi connectivity index (χ2n) is 9.63. The molecule has 0 N–H and O–H groups in total. The Hall–Kier alpha value is -3.05. The molecule has 1 aliphatic rings. The third-order valence-electron chi connectivity index (χ3n) is 6.96. The van der Waals surface area contributed by atoms with Crippen LogP contribution in [0.2, 0.25) is 0 Å². The second kappa shape index (κ2) is 13.0. The fourth-order valence-electron chi connectivity index (χ4n) is 4.77. The van der Waals surface area contributed by atoms with Crippen LogP contribution in [0.3, 0.4) is 0 Å². The van der Waals surface area contributed by atoms with Gasteiger partial charge in [-0.05, 0) is 61.1 Å². The summed E-state index contributed by atoms with van der Waals surface area (Å²) in [6.07, 6.45) is 11.2. The van der Waals surface area contributed by atoms with E-state index in [0.717, 1.165) is 30.4 Å². The van der Waals surface area contributed by atoms with Crippen LogP contribution in [0.25, 0.3) is 28.3 Å². The normalized spacial score (nSPS) is 17.9. The van der Waals surface area contributed by atoms with Crippen LogP contribution in [0.4, 0.5) is 13.2 Å². The Labute approximate surface area is 218 Å². The fourth-order valence-corrected chi connectivity index (χ4v) is 4.77. The number of rotatable bonds is 10. The van der Waals surface area contributed by atoms with Gasteiger partial charge >= 0.3 is 0 Å². The highest BCUT2D eigenvalue weighted by Crippen LogP contribution is 2.32. The summed E-state index contributed by atoms with van der Waals surface area (Å²) in [5, 5.41) is 0. The molecule has 0 spiro atoms. The van der Waals surface area contributed by atoms with Crippen molar-refractivity contribution in [2.45, 2.75) is 58.5 Å². The van der Waals surface area contributed by atoms with Gasteiger partial charge in [-0.25, -0.2) is 8.78 Å². The molecule has 196 valence electrons. The van der Waals surface area contributed by atoms with Crippen molar-refractivity contribution in [1.82, 2.24) is 0 Å². The lowest BCUT2D eigenvalue weighted by molar-refractivity contribution is -0.00915. The highest BCUT2D eigenvalue weighted by atomic mass is 19.2. The lowest BCUT2D eigenvalue weighted by atomic mass is 9.94. The number of unbranched alkanes of at least 4 members (excludes halogenated alkanes) is 2. The predicted octanol–water partition coefficient (Wildman–Crippen LogP) is 9.23. The van der Waals surface area contributed by atoms with Crippen LogP contribution >= 0.6 is 0 Å². The van der Waals surface area contributed by atoms with Crippen LogP contribution < -0.4 is 4.74 Å². The molecule has 0 bridgehead atoms. The molecule has 4 rings (SSSR count). The Kier molecular flexibility index (Phi) is 9.45. The molecule has 0 radical (unpaired) electrons. The lowest BCUT2D eigenvalue weighted by Gasteiger charge is -2.27. The van der Waals surface area contributed by atoms with Crippen LogP contribution in [-0.4, -0.2) is 19.3 Å². The summed E-state index contributed by atoms with van der Waals surface area (Å²) in [5.74, 6) is -2.04. The molecule has 0 aromatic heterocycles. The first kappa shape index (κ1) is 27.0.